The lowest BCUT2D eigenvalue weighted by Gasteiger charge is -2.24. The first kappa shape index (κ1) is 19.9. The molecule has 0 bridgehead atoms. The van der Waals surface area contributed by atoms with Crippen LogP contribution in [0.4, 0.5) is 0 Å². The molecule has 12 heteroatoms. The van der Waals surface area contributed by atoms with E-state index in [-0.39, 0.29) is 6.61 Å². The van der Waals surface area contributed by atoms with Crippen molar-refractivity contribution in [3.63, 3.8) is 0 Å². The number of esters is 3. The number of hydrogen-bond donors (Lipinski definition) is 1. The molecular weight excluding hydrogens is 392 g/mol. The molecule has 1 N–H and O–H groups in total. The standard InChI is InChI=1S/C16H18N4O7S/c1-7(21)24-4-10-12(25-8(2)22)13(26-9(3)23)15(27-10)20-6-19-14-11(16(20)28)17-5-18-14/h5-6,10,12-13,15H,4H2,1-3H3,(H,17,18)/t10-,12-,13-,15+/m1/s1. The second kappa shape index (κ2) is 8.02. The average Bonchev–Trinajstić information content (AvgIpc) is 3.19. The molecule has 2 aromatic rings. The van der Waals surface area contributed by atoms with E-state index in [2.05, 4.69) is 15.0 Å². The maximum Gasteiger partial charge on any atom is 0.303 e. The third-order valence-electron chi connectivity index (χ3n) is 3.99. The van der Waals surface area contributed by atoms with Crippen molar-refractivity contribution in [2.24, 2.45) is 0 Å². The van der Waals surface area contributed by atoms with Crippen LogP contribution in [0.25, 0.3) is 11.2 Å². The lowest BCUT2D eigenvalue weighted by atomic mass is 10.1. The Morgan fingerprint density at radius 2 is 1.82 bits per heavy atom. The Morgan fingerprint density at radius 3 is 2.46 bits per heavy atom. The van der Waals surface area contributed by atoms with Gasteiger partial charge in [-0.3, -0.25) is 19.0 Å². The molecule has 4 atom stereocenters. The average molecular weight is 410 g/mol. The third kappa shape index (κ3) is 4.02. The summed E-state index contributed by atoms with van der Waals surface area (Å²) in [6.45, 7) is 3.47. The molecule has 1 saturated heterocycles. The van der Waals surface area contributed by atoms with Crippen molar-refractivity contribution in [1.29, 1.82) is 0 Å². The highest BCUT2D eigenvalue weighted by Crippen LogP contribution is 2.35. The highest BCUT2D eigenvalue weighted by molar-refractivity contribution is 7.71. The first-order valence-electron chi connectivity index (χ1n) is 8.31. The van der Waals surface area contributed by atoms with E-state index in [1.54, 1.807) is 0 Å². The fraction of sp³-hybridized carbons (Fsp3) is 0.500. The summed E-state index contributed by atoms with van der Waals surface area (Å²) in [4.78, 5) is 45.6. The molecule has 3 heterocycles. The third-order valence-corrected chi connectivity index (χ3v) is 4.40. The van der Waals surface area contributed by atoms with Crippen molar-refractivity contribution >= 4 is 41.3 Å². The Morgan fingerprint density at radius 1 is 1.14 bits per heavy atom. The van der Waals surface area contributed by atoms with E-state index in [0.717, 1.165) is 0 Å². The molecule has 0 unspecified atom stereocenters. The number of carbonyl (C=O) groups is 3. The Kier molecular flexibility index (Phi) is 5.70. The molecule has 150 valence electrons. The minimum Gasteiger partial charge on any atom is -0.463 e. The second-order valence-electron chi connectivity index (χ2n) is 6.07. The fourth-order valence-corrected chi connectivity index (χ4v) is 3.24. The lowest BCUT2D eigenvalue weighted by molar-refractivity contribution is -0.166. The summed E-state index contributed by atoms with van der Waals surface area (Å²) in [6, 6.07) is 0. The van der Waals surface area contributed by atoms with Gasteiger partial charge in [-0.25, -0.2) is 9.97 Å². The van der Waals surface area contributed by atoms with Gasteiger partial charge in [-0.05, 0) is 0 Å². The Labute approximate surface area is 163 Å². The van der Waals surface area contributed by atoms with Crippen molar-refractivity contribution < 1.29 is 33.3 Å². The fourth-order valence-electron chi connectivity index (χ4n) is 2.94. The van der Waals surface area contributed by atoms with Gasteiger partial charge in [-0.15, -0.1) is 0 Å². The number of aromatic amines is 1. The molecule has 0 amide bonds. The summed E-state index contributed by atoms with van der Waals surface area (Å²) in [5.74, 6) is -1.74. The molecule has 1 fully saturated rings. The van der Waals surface area contributed by atoms with Gasteiger partial charge in [-0.2, -0.15) is 0 Å². The molecular formula is C16H18N4O7S. The van der Waals surface area contributed by atoms with Crippen molar-refractivity contribution in [3.8, 4) is 0 Å². The van der Waals surface area contributed by atoms with E-state index in [1.807, 2.05) is 0 Å². The van der Waals surface area contributed by atoms with Crippen molar-refractivity contribution in [3.05, 3.63) is 17.3 Å². The van der Waals surface area contributed by atoms with Gasteiger partial charge in [0.2, 0.25) is 0 Å². The van der Waals surface area contributed by atoms with Crippen LogP contribution < -0.4 is 0 Å². The van der Waals surface area contributed by atoms with Crippen molar-refractivity contribution in [1.82, 2.24) is 19.5 Å². The number of nitrogens with one attached hydrogen (secondary N) is 1. The highest BCUT2D eigenvalue weighted by Gasteiger charge is 2.50. The zero-order valence-corrected chi connectivity index (χ0v) is 16.1. The van der Waals surface area contributed by atoms with Gasteiger partial charge in [0.25, 0.3) is 0 Å². The first-order chi connectivity index (χ1) is 13.3. The van der Waals surface area contributed by atoms with Gasteiger partial charge < -0.3 is 23.9 Å². The predicted molar refractivity (Wildman–Crippen MR) is 94.4 cm³/mol. The molecule has 1 aliphatic heterocycles. The van der Waals surface area contributed by atoms with Gasteiger partial charge in [-0.1, -0.05) is 12.2 Å². The first-order valence-corrected chi connectivity index (χ1v) is 8.72. The van der Waals surface area contributed by atoms with Crippen LogP contribution in [0, 0.1) is 4.64 Å². The molecule has 0 aliphatic carbocycles. The number of carbonyl (C=O) groups excluding carboxylic acids is 3. The summed E-state index contributed by atoms with van der Waals surface area (Å²) in [7, 11) is 0. The molecule has 28 heavy (non-hydrogen) atoms. The highest BCUT2D eigenvalue weighted by atomic mass is 32.1. The van der Waals surface area contributed by atoms with Crippen LogP contribution in [0.15, 0.2) is 12.7 Å². The summed E-state index contributed by atoms with van der Waals surface area (Å²) in [6.07, 6.45) is -1.03. The predicted octanol–water partition coefficient (Wildman–Crippen LogP) is 0.813. The quantitative estimate of drug-likeness (QED) is 0.428. The minimum absolute atomic E-state index is 0.200. The smallest absolute Gasteiger partial charge is 0.303 e. The molecule has 11 nitrogen and oxygen atoms in total. The normalized spacial score (nSPS) is 24.1. The number of nitrogens with zero attached hydrogens (tertiary/aromatic N) is 3. The number of ether oxygens (including phenoxy) is 4. The Balaban J connectivity index is 2.01. The summed E-state index contributed by atoms with van der Waals surface area (Å²) in [5.41, 5.74) is 0.909. The minimum atomic E-state index is -1.03. The number of aromatic nitrogens is 4. The van der Waals surface area contributed by atoms with E-state index in [1.165, 1.54) is 38.0 Å². The molecule has 0 saturated carbocycles. The van der Waals surface area contributed by atoms with E-state index >= 15 is 0 Å². The monoisotopic (exact) mass is 410 g/mol. The molecule has 3 rings (SSSR count). The van der Waals surface area contributed by atoms with Crippen molar-refractivity contribution in [2.45, 2.75) is 45.3 Å². The van der Waals surface area contributed by atoms with Crippen LogP contribution in [0.5, 0.6) is 0 Å². The van der Waals surface area contributed by atoms with Crippen LogP contribution in [0.1, 0.15) is 27.0 Å². The van der Waals surface area contributed by atoms with Crippen LogP contribution in [0.3, 0.4) is 0 Å². The van der Waals surface area contributed by atoms with Gasteiger partial charge in [0.05, 0.1) is 6.33 Å². The van der Waals surface area contributed by atoms with Crippen molar-refractivity contribution in [2.75, 3.05) is 6.61 Å². The second-order valence-corrected chi connectivity index (χ2v) is 6.46. The SMILES string of the molecule is CC(=O)OC[C@H]1O[C@H](n2cnc3nc[nH]c3c2=S)[C@H](OC(C)=O)[C@@H]1OC(C)=O. The maximum atomic E-state index is 11.7. The van der Waals surface area contributed by atoms with E-state index in [0.29, 0.717) is 15.8 Å². The van der Waals surface area contributed by atoms with Crippen LogP contribution in [-0.2, 0) is 33.3 Å². The van der Waals surface area contributed by atoms with Gasteiger partial charge >= 0.3 is 17.9 Å². The number of fused-ring (bicyclic) bond motifs is 1. The lowest BCUT2D eigenvalue weighted by Crippen LogP contribution is -2.40. The number of imidazole rings is 1. The van der Waals surface area contributed by atoms with Crippen LogP contribution in [0.2, 0.25) is 0 Å². The Hall–Kier alpha value is -2.86. The summed E-state index contributed by atoms with van der Waals surface area (Å²) < 4.78 is 23.4. The molecule has 0 radical (unpaired) electrons. The molecule has 1 aliphatic rings. The van der Waals surface area contributed by atoms with Crippen LogP contribution in [-0.4, -0.2) is 62.3 Å². The van der Waals surface area contributed by atoms with Gasteiger partial charge in [0.15, 0.2) is 24.1 Å². The topological polar surface area (TPSA) is 135 Å². The molecule has 0 aromatic carbocycles. The number of hydrogen-bond acceptors (Lipinski definition) is 10. The largest absolute Gasteiger partial charge is 0.463 e. The zero-order valence-electron chi connectivity index (χ0n) is 15.3. The van der Waals surface area contributed by atoms with Gasteiger partial charge in [0, 0.05) is 20.8 Å². The maximum absolute atomic E-state index is 11.7. The zero-order chi connectivity index (χ0) is 20.4. The number of rotatable bonds is 5. The number of H-pyrrole nitrogens is 1. The molecule has 2 aromatic heterocycles. The Bertz CT molecular complexity index is 971. The van der Waals surface area contributed by atoms with Crippen LogP contribution >= 0.6 is 12.2 Å². The van der Waals surface area contributed by atoms with E-state index in [4.69, 9.17) is 31.2 Å². The summed E-state index contributed by atoms with van der Waals surface area (Å²) in [5, 5.41) is 0. The van der Waals surface area contributed by atoms with E-state index in [9.17, 15) is 14.4 Å². The molecule has 0 spiro atoms. The van der Waals surface area contributed by atoms with E-state index < -0.39 is 42.4 Å². The summed E-state index contributed by atoms with van der Waals surface area (Å²) >= 11 is 5.46. The van der Waals surface area contributed by atoms with Gasteiger partial charge in [0.1, 0.15) is 29.2 Å².